The van der Waals surface area contributed by atoms with Gasteiger partial charge < -0.3 is 15.0 Å². The molecule has 0 unspecified atom stereocenters. The van der Waals surface area contributed by atoms with E-state index in [2.05, 4.69) is 20.5 Å². The number of rotatable bonds is 5. The van der Waals surface area contributed by atoms with Gasteiger partial charge in [0.2, 0.25) is 5.95 Å². The lowest BCUT2D eigenvalue weighted by Gasteiger charge is -2.18. The van der Waals surface area contributed by atoms with E-state index in [1.165, 1.54) is 0 Å². The molecule has 0 bridgehead atoms. The SMILES string of the molecule is COc1cccc(Nc2nncc(N(C)c3ccccc3)n2)c1. The molecule has 23 heavy (non-hydrogen) atoms. The first-order valence-corrected chi connectivity index (χ1v) is 7.16. The lowest BCUT2D eigenvalue weighted by atomic mass is 10.3. The molecule has 1 N–H and O–H groups in total. The van der Waals surface area contributed by atoms with Crippen LogP contribution in [0.1, 0.15) is 0 Å². The van der Waals surface area contributed by atoms with Gasteiger partial charge in [-0.05, 0) is 24.3 Å². The summed E-state index contributed by atoms with van der Waals surface area (Å²) in [6.07, 6.45) is 1.63. The maximum atomic E-state index is 5.21. The topological polar surface area (TPSA) is 63.2 Å². The van der Waals surface area contributed by atoms with E-state index in [0.717, 1.165) is 17.1 Å². The Morgan fingerprint density at radius 2 is 1.87 bits per heavy atom. The van der Waals surface area contributed by atoms with Crippen LogP contribution in [-0.2, 0) is 0 Å². The van der Waals surface area contributed by atoms with Crippen LogP contribution in [0.25, 0.3) is 0 Å². The number of anilines is 4. The molecule has 0 fully saturated rings. The summed E-state index contributed by atoms with van der Waals surface area (Å²) < 4.78 is 5.21. The summed E-state index contributed by atoms with van der Waals surface area (Å²) in [7, 11) is 3.57. The smallest absolute Gasteiger partial charge is 0.249 e. The Hall–Kier alpha value is -3.15. The summed E-state index contributed by atoms with van der Waals surface area (Å²) in [5, 5.41) is 11.2. The van der Waals surface area contributed by atoms with Gasteiger partial charge in [-0.25, -0.2) is 0 Å². The molecule has 6 heteroatoms. The van der Waals surface area contributed by atoms with Crippen molar-refractivity contribution < 1.29 is 4.74 Å². The molecule has 0 amide bonds. The monoisotopic (exact) mass is 307 g/mol. The quantitative estimate of drug-likeness (QED) is 0.779. The van der Waals surface area contributed by atoms with Crippen LogP contribution in [0.2, 0.25) is 0 Å². The van der Waals surface area contributed by atoms with Crippen molar-refractivity contribution in [2.45, 2.75) is 0 Å². The van der Waals surface area contributed by atoms with Gasteiger partial charge in [-0.1, -0.05) is 24.3 Å². The second kappa shape index (κ2) is 6.74. The second-order valence-electron chi connectivity index (χ2n) is 4.89. The van der Waals surface area contributed by atoms with E-state index >= 15 is 0 Å². The summed E-state index contributed by atoms with van der Waals surface area (Å²) in [6, 6.07) is 17.5. The highest BCUT2D eigenvalue weighted by molar-refractivity contribution is 5.61. The molecule has 0 aliphatic heterocycles. The summed E-state index contributed by atoms with van der Waals surface area (Å²) in [5.41, 5.74) is 1.87. The van der Waals surface area contributed by atoms with Gasteiger partial charge in [0, 0.05) is 24.5 Å². The van der Waals surface area contributed by atoms with E-state index in [0.29, 0.717) is 11.8 Å². The van der Waals surface area contributed by atoms with Crippen molar-refractivity contribution in [3.8, 4) is 5.75 Å². The summed E-state index contributed by atoms with van der Waals surface area (Å²) in [6.45, 7) is 0. The van der Waals surface area contributed by atoms with Crippen molar-refractivity contribution in [2.75, 3.05) is 24.4 Å². The molecule has 6 nitrogen and oxygen atoms in total. The number of nitrogens with one attached hydrogen (secondary N) is 1. The maximum absolute atomic E-state index is 5.21. The average molecular weight is 307 g/mol. The molecule has 0 saturated heterocycles. The van der Waals surface area contributed by atoms with Crippen molar-refractivity contribution in [1.82, 2.24) is 15.2 Å². The summed E-state index contributed by atoms with van der Waals surface area (Å²) >= 11 is 0. The molecule has 0 saturated carbocycles. The van der Waals surface area contributed by atoms with Gasteiger partial charge in [-0.15, -0.1) is 5.10 Å². The van der Waals surface area contributed by atoms with E-state index in [4.69, 9.17) is 4.74 Å². The van der Waals surface area contributed by atoms with E-state index in [-0.39, 0.29) is 0 Å². The van der Waals surface area contributed by atoms with Crippen molar-refractivity contribution in [3.05, 3.63) is 60.8 Å². The minimum absolute atomic E-state index is 0.429. The van der Waals surface area contributed by atoms with Crippen molar-refractivity contribution in [3.63, 3.8) is 0 Å². The van der Waals surface area contributed by atoms with Crippen LogP contribution in [0.15, 0.2) is 60.8 Å². The standard InChI is InChI=1S/C17H17N5O/c1-22(14-8-4-3-5-9-14)16-12-18-21-17(20-16)19-13-7-6-10-15(11-13)23-2/h3-12H,1-2H3,(H,19,20,21). The number of benzene rings is 2. The number of nitrogens with zero attached hydrogens (tertiary/aromatic N) is 4. The van der Waals surface area contributed by atoms with Crippen LogP contribution in [-0.4, -0.2) is 29.3 Å². The fraction of sp³-hybridized carbons (Fsp3) is 0.118. The Kier molecular flexibility index (Phi) is 4.33. The molecule has 3 rings (SSSR count). The summed E-state index contributed by atoms with van der Waals surface area (Å²) in [5.74, 6) is 1.90. The Balaban J connectivity index is 1.82. The van der Waals surface area contributed by atoms with Gasteiger partial charge >= 0.3 is 0 Å². The summed E-state index contributed by atoms with van der Waals surface area (Å²) in [4.78, 5) is 6.45. The predicted octanol–water partition coefficient (Wildman–Crippen LogP) is 3.39. The van der Waals surface area contributed by atoms with Gasteiger partial charge in [0.25, 0.3) is 0 Å². The highest BCUT2D eigenvalue weighted by atomic mass is 16.5. The Morgan fingerprint density at radius 1 is 1.04 bits per heavy atom. The van der Waals surface area contributed by atoms with Crippen molar-refractivity contribution in [2.24, 2.45) is 0 Å². The molecule has 0 radical (unpaired) electrons. The largest absolute Gasteiger partial charge is 0.497 e. The number of para-hydroxylation sites is 1. The molecule has 0 atom stereocenters. The Morgan fingerprint density at radius 3 is 2.65 bits per heavy atom. The number of hydrogen-bond acceptors (Lipinski definition) is 6. The maximum Gasteiger partial charge on any atom is 0.249 e. The molecule has 3 aromatic rings. The third kappa shape index (κ3) is 3.55. The normalized spacial score (nSPS) is 10.2. The van der Waals surface area contributed by atoms with Gasteiger partial charge in [0.05, 0.1) is 13.3 Å². The Labute approximate surface area is 134 Å². The van der Waals surface area contributed by atoms with Crippen LogP contribution in [0.5, 0.6) is 5.75 Å². The molecule has 116 valence electrons. The fourth-order valence-corrected chi connectivity index (χ4v) is 2.12. The van der Waals surface area contributed by atoms with Gasteiger partial charge in [0.1, 0.15) is 5.75 Å². The predicted molar refractivity (Wildman–Crippen MR) is 90.6 cm³/mol. The molecule has 1 heterocycles. The third-order valence-corrected chi connectivity index (χ3v) is 3.36. The van der Waals surface area contributed by atoms with Crippen molar-refractivity contribution >= 4 is 23.1 Å². The zero-order chi connectivity index (χ0) is 16.1. The molecule has 0 aliphatic carbocycles. The lowest BCUT2D eigenvalue weighted by molar-refractivity contribution is 0.415. The van der Waals surface area contributed by atoms with Crippen molar-refractivity contribution in [1.29, 1.82) is 0 Å². The highest BCUT2D eigenvalue weighted by Crippen LogP contribution is 2.23. The average Bonchev–Trinajstić information content (AvgIpc) is 2.62. The first-order valence-electron chi connectivity index (χ1n) is 7.16. The first-order chi connectivity index (χ1) is 11.3. The zero-order valence-electron chi connectivity index (χ0n) is 13.0. The molecule has 0 aliphatic rings. The molecule has 2 aromatic carbocycles. The van der Waals surface area contributed by atoms with Gasteiger partial charge in [0.15, 0.2) is 5.82 Å². The molecule has 0 spiro atoms. The Bertz CT molecular complexity index is 779. The molecular weight excluding hydrogens is 290 g/mol. The number of aromatic nitrogens is 3. The van der Waals surface area contributed by atoms with Gasteiger partial charge in [-0.2, -0.15) is 10.1 Å². The van der Waals surface area contributed by atoms with E-state index in [9.17, 15) is 0 Å². The minimum Gasteiger partial charge on any atom is -0.497 e. The second-order valence-corrected chi connectivity index (χ2v) is 4.89. The van der Waals surface area contributed by atoms with E-state index < -0.39 is 0 Å². The van der Waals surface area contributed by atoms with E-state index in [1.54, 1.807) is 13.3 Å². The first kappa shape index (κ1) is 14.8. The zero-order valence-corrected chi connectivity index (χ0v) is 13.0. The minimum atomic E-state index is 0.429. The lowest BCUT2D eigenvalue weighted by Crippen LogP contribution is -2.13. The number of ether oxygens (including phenoxy) is 1. The fourth-order valence-electron chi connectivity index (χ4n) is 2.12. The van der Waals surface area contributed by atoms with Crippen LogP contribution in [0.4, 0.5) is 23.1 Å². The van der Waals surface area contributed by atoms with Crippen LogP contribution in [0.3, 0.4) is 0 Å². The van der Waals surface area contributed by atoms with Crippen LogP contribution in [0, 0.1) is 0 Å². The van der Waals surface area contributed by atoms with E-state index in [1.807, 2.05) is 66.5 Å². The van der Waals surface area contributed by atoms with Crippen LogP contribution < -0.4 is 15.0 Å². The molecule has 1 aromatic heterocycles. The third-order valence-electron chi connectivity index (χ3n) is 3.36. The highest BCUT2D eigenvalue weighted by Gasteiger charge is 2.08. The number of methoxy groups -OCH3 is 1. The van der Waals surface area contributed by atoms with Gasteiger partial charge in [-0.3, -0.25) is 0 Å². The molecular formula is C17H17N5O. The number of hydrogen-bond donors (Lipinski definition) is 1. The van der Waals surface area contributed by atoms with Crippen LogP contribution >= 0.6 is 0 Å².